The second-order valence-corrected chi connectivity index (χ2v) is 8.80. The molecule has 0 nitrogen and oxygen atoms in total. The van der Waals surface area contributed by atoms with E-state index in [1.807, 2.05) is 23.9 Å². The first-order chi connectivity index (χ1) is 11.0. The van der Waals surface area contributed by atoms with Crippen LogP contribution in [0.4, 0.5) is 0 Å². The van der Waals surface area contributed by atoms with E-state index in [0.29, 0.717) is 4.16 Å². The molecule has 1 aromatic carbocycles. The van der Waals surface area contributed by atoms with Gasteiger partial charge in [-0.15, -0.1) is 52.6 Å². The Morgan fingerprint density at radius 3 is 2.48 bits per heavy atom. The fourth-order valence-electron chi connectivity index (χ4n) is 2.50. The van der Waals surface area contributed by atoms with Gasteiger partial charge in [0.15, 0.2) is 0 Å². The van der Waals surface area contributed by atoms with Crippen molar-refractivity contribution in [1.82, 2.24) is 0 Å². The van der Waals surface area contributed by atoms with Gasteiger partial charge in [0.25, 0.3) is 0 Å². The van der Waals surface area contributed by atoms with Gasteiger partial charge in [-0.2, -0.15) is 29.5 Å². The molecular formula is C18H14Br2Cl2S2Zr-2. The monoisotopic (exact) mass is 612 g/mol. The zero-order chi connectivity index (χ0) is 17.0. The standard InChI is InChI=1S/C10H8Br.C8H6BrS.2ClH.S.Zr/c1-7-5-8-3-2-4-10(11)9(8)6-7;1-5-2-6-4-8(9)10-7(6)3-5;;;;/h2,4-5H,6H2,1H3;2-3,8H,1H3;2*1H;;/q2*-1;;;;+2/p-2. The summed E-state index contributed by atoms with van der Waals surface area (Å²) in [4.78, 5) is 1.36. The number of halogens is 4. The van der Waals surface area contributed by atoms with Crippen LogP contribution in [0.25, 0.3) is 6.08 Å². The van der Waals surface area contributed by atoms with E-state index < -0.39 is 0 Å². The first kappa shape index (κ1) is 26.2. The Hall–Kier alpha value is 1.17. The van der Waals surface area contributed by atoms with Crippen LogP contribution in [0.15, 0.2) is 50.4 Å². The number of rotatable bonds is 0. The molecule has 1 heterocycles. The third-order valence-corrected chi connectivity index (χ3v) is 5.87. The second kappa shape index (κ2) is 12.6. The Labute approximate surface area is 201 Å². The van der Waals surface area contributed by atoms with E-state index in [0.717, 1.165) is 29.1 Å². The van der Waals surface area contributed by atoms with Crippen molar-refractivity contribution < 1.29 is 47.5 Å². The molecule has 2 aliphatic carbocycles. The van der Waals surface area contributed by atoms with Crippen molar-refractivity contribution >= 4 is 58.6 Å². The van der Waals surface area contributed by atoms with Gasteiger partial charge in [-0.05, 0) is 6.42 Å². The average Bonchev–Trinajstić information content (AvgIpc) is 3.14. The fraction of sp³-hybridized carbons (Fsp3) is 0.222. The van der Waals surface area contributed by atoms with Gasteiger partial charge in [0.2, 0.25) is 0 Å². The van der Waals surface area contributed by atoms with Crippen LogP contribution < -0.4 is 24.8 Å². The molecule has 0 fully saturated rings. The van der Waals surface area contributed by atoms with Crippen molar-refractivity contribution in [1.29, 1.82) is 0 Å². The van der Waals surface area contributed by atoms with Gasteiger partial charge in [0, 0.05) is 4.16 Å². The third-order valence-electron chi connectivity index (χ3n) is 3.42. The molecule has 0 bridgehead atoms. The molecule has 0 saturated carbocycles. The normalized spacial score (nSPS) is 18.4. The minimum atomic E-state index is 0. The van der Waals surface area contributed by atoms with Gasteiger partial charge in [0.05, 0.1) is 0 Å². The average molecular weight is 616 g/mol. The number of benzene rings is 1. The number of alkyl halides is 1. The van der Waals surface area contributed by atoms with Crippen LogP contribution in [0.2, 0.25) is 0 Å². The number of hydrogen-bond acceptors (Lipinski definition) is 2. The molecule has 132 valence electrons. The van der Waals surface area contributed by atoms with Crippen LogP contribution in [0, 0.1) is 12.1 Å². The van der Waals surface area contributed by atoms with Gasteiger partial charge < -0.3 is 24.8 Å². The van der Waals surface area contributed by atoms with E-state index in [9.17, 15) is 0 Å². The summed E-state index contributed by atoms with van der Waals surface area (Å²) in [6.45, 7) is 4.27. The molecule has 1 atom stereocenters. The summed E-state index contributed by atoms with van der Waals surface area (Å²) in [5.74, 6) is 0. The summed E-state index contributed by atoms with van der Waals surface area (Å²) in [5, 5.41) is 0. The number of hydrogen-bond donors (Lipinski definition) is 0. The summed E-state index contributed by atoms with van der Waals surface area (Å²) in [7, 11) is 4.17. The maximum atomic E-state index is 4.17. The predicted molar refractivity (Wildman–Crippen MR) is 107 cm³/mol. The molecule has 0 saturated heterocycles. The first-order valence-corrected chi connectivity index (χ1v) is 12.9. The van der Waals surface area contributed by atoms with Crippen molar-refractivity contribution in [2.45, 2.75) is 24.4 Å². The molecule has 0 spiro atoms. The van der Waals surface area contributed by atoms with Crippen LogP contribution in [0.1, 0.15) is 25.0 Å². The summed E-state index contributed by atoms with van der Waals surface area (Å²) in [6, 6.07) is 7.22. The number of allylic oxidation sites excluding steroid dienone is 5. The van der Waals surface area contributed by atoms with E-state index in [1.165, 1.54) is 37.2 Å². The van der Waals surface area contributed by atoms with Gasteiger partial charge in [-0.1, -0.05) is 55.1 Å². The molecule has 0 aromatic heterocycles. The molecule has 1 aromatic rings. The van der Waals surface area contributed by atoms with Gasteiger partial charge >= 0.3 is 31.5 Å². The van der Waals surface area contributed by atoms with Crippen molar-refractivity contribution in [3.8, 4) is 0 Å². The topological polar surface area (TPSA) is 0 Å². The Bertz CT molecular complexity index is 743. The van der Waals surface area contributed by atoms with Crippen LogP contribution in [0.5, 0.6) is 0 Å². The minimum absolute atomic E-state index is 0. The molecule has 4 rings (SSSR count). The SMILES string of the molecule is CC1=CC2=[C-]C(Br)SC2=C1.CC1=Cc2[c-]ccc(Br)c2C1.[Cl-].[Cl-].[S]=[Zr+2]. The molecule has 0 N–H and O–H groups in total. The maximum absolute atomic E-state index is 4.17. The summed E-state index contributed by atoms with van der Waals surface area (Å²) in [5.41, 5.74) is 6.65. The van der Waals surface area contributed by atoms with E-state index in [4.69, 9.17) is 0 Å². The predicted octanol–water partition coefficient (Wildman–Crippen LogP) is 0.890. The summed E-state index contributed by atoms with van der Waals surface area (Å²) in [6.07, 6.45) is 10.9. The number of thioether (sulfide) groups is 1. The van der Waals surface area contributed by atoms with Crippen LogP contribution in [-0.4, -0.2) is 4.16 Å². The molecular weight excluding hydrogens is 602 g/mol. The Morgan fingerprint density at radius 1 is 1.20 bits per heavy atom. The Balaban J connectivity index is 0.000000392. The van der Waals surface area contributed by atoms with E-state index >= 15 is 0 Å². The van der Waals surface area contributed by atoms with Crippen molar-refractivity contribution in [2.75, 3.05) is 0 Å². The molecule has 1 unspecified atom stereocenters. The summed E-state index contributed by atoms with van der Waals surface area (Å²) >= 11 is 9.95. The zero-order valence-electron chi connectivity index (χ0n) is 13.5. The van der Waals surface area contributed by atoms with Crippen LogP contribution in [0.3, 0.4) is 0 Å². The van der Waals surface area contributed by atoms with Crippen molar-refractivity contribution in [3.05, 3.63) is 73.7 Å². The van der Waals surface area contributed by atoms with Crippen LogP contribution in [-0.2, 0) is 29.1 Å². The van der Waals surface area contributed by atoms with E-state index in [1.54, 1.807) is 0 Å². The first-order valence-electron chi connectivity index (χ1n) is 6.94. The Kier molecular flexibility index (Phi) is 13.2. The zero-order valence-corrected chi connectivity index (χ0v) is 22.3. The molecule has 0 amide bonds. The quantitative estimate of drug-likeness (QED) is 0.314. The molecule has 3 aliphatic rings. The van der Waals surface area contributed by atoms with Gasteiger partial charge in [0.1, 0.15) is 0 Å². The third kappa shape index (κ3) is 7.25. The van der Waals surface area contributed by atoms with Gasteiger partial charge in [-0.25, -0.2) is 0 Å². The molecule has 25 heavy (non-hydrogen) atoms. The van der Waals surface area contributed by atoms with Crippen molar-refractivity contribution in [3.63, 3.8) is 0 Å². The fourth-order valence-corrected chi connectivity index (χ4v) is 4.75. The second-order valence-electron chi connectivity index (χ2n) is 5.27. The van der Waals surface area contributed by atoms with Crippen LogP contribution >= 0.6 is 52.5 Å². The van der Waals surface area contributed by atoms with E-state index in [2.05, 4.69) is 84.9 Å². The molecule has 0 radical (unpaired) electrons. The Morgan fingerprint density at radius 2 is 1.88 bits per heavy atom. The van der Waals surface area contributed by atoms with Crippen molar-refractivity contribution in [2.24, 2.45) is 0 Å². The molecule has 7 heteroatoms. The van der Waals surface area contributed by atoms with E-state index in [-0.39, 0.29) is 24.8 Å². The molecule has 1 aliphatic heterocycles. The van der Waals surface area contributed by atoms with Gasteiger partial charge in [-0.3, -0.25) is 0 Å². The summed E-state index contributed by atoms with van der Waals surface area (Å²) < 4.78 is 1.58. The number of fused-ring (bicyclic) bond motifs is 2.